The molecule has 0 radical (unpaired) electrons. The summed E-state index contributed by atoms with van der Waals surface area (Å²) in [5, 5.41) is 10.2. The summed E-state index contributed by atoms with van der Waals surface area (Å²) in [6.45, 7) is 12.6. The molecule has 3 saturated carbocycles. The van der Waals surface area contributed by atoms with Gasteiger partial charge in [0.2, 0.25) is 0 Å². The summed E-state index contributed by atoms with van der Waals surface area (Å²) < 4.78 is 0. The summed E-state index contributed by atoms with van der Waals surface area (Å²) in [5.74, 6) is 5.55. The molecule has 30 heavy (non-hydrogen) atoms. The first-order chi connectivity index (χ1) is 14.3. The Bertz CT molecular complexity index is 622. The Morgan fingerprint density at radius 3 is 2.53 bits per heavy atom. The first-order valence-electron chi connectivity index (χ1n) is 13.7. The van der Waals surface area contributed by atoms with Gasteiger partial charge in [0.25, 0.3) is 0 Å². The lowest BCUT2D eigenvalue weighted by molar-refractivity contribution is -0.0574. The van der Waals surface area contributed by atoms with Crippen LogP contribution in [-0.2, 0) is 0 Å². The van der Waals surface area contributed by atoms with Gasteiger partial charge in [-0.3, -0.25) is 0 Å². The number of fused-ring (bicyclic) bond motifs is 5. The second kappa shape index (κ2) is 8.92. The maximum atomic E-state index is 10.2. The van der Waals surface area contributed by atoms with Crippen LogP contribution in [0.1, 0.15) is 118 Å². The maximum absolute atomic E-state index is 10.2. The van der Waals surface area contributed by atoms with Crippen LogP contribution in [0, 0.1) is 46.3 Å². The minimum absolute atomic E-state index is 0.0777. The third-order valence-corrected chi connectivity index (χ3v) is 11.1. The van der Waals surface area contributed by atoms with Crippen LogP contribution in [0.5, 0.6) is 0 Å². The molecule has 0 amide bonds. The largest absolute Gasteiger partial charge is 0.393 e. The number of hydrogen-bond donors (Lipinski definition) is 1. The normalized spacial score (nSPS) is 45.1. The number of rotatable bonds is 7. The van der Waals surface area contributed by atoms with E-state index in [2.05, 4.69) is 40.7 Å². The van der Waals surface area contributed by atoms with Crippen molar-refractivity contribution in [3.05, 3.63) is 11.6 Å². The van der Waals surface area contributed by atoms with E-state index >= 15 is 0 Å². The molecule has 3 fully saturated rings. The van der Waals surface area contributed by atoms with Crippen molar-refractivity contribution < 1.29 is 5.11 Å². The molecule has 4 aliphatic carbocycles. The number of hydrogen-bond acceptors (Lipinski definition) is 1. The molecule has 172 valence electrons. The molecular weight excluding hydrogens is 364 g/mol. The minimum Gasteiger partial charge on any atom is -0.393 e. The Labute approximate surface area is 187 Å². The molecule has 0 aromatic heterocycles. The third kappa shape index (κ3) is 3.84. The van der Waals surface area contributed by atoms with Crippen LogP contribution < -0.4 is 0 Å². The summed E-state index contributed by atoms with van der Waals surface area (Å²) in [7, 11) is 0. The molecule has 0 aliphatic heterocycles. The van der Waals surface area contributed by atoms with Gasteiger partial charge < -0.3 is 5.11 Å². The van der Waals surface area contributed by atoms with Gasteiger partial charge in [-0.05, 0) is 97.7 Å². The molecule has 0 aromatic rings. The molecule has 0 heterocycles. The van der Waals surface area contributed by atoms with Gasteiger partial charge >= 0.3 is 0 Å². The highest BCUT2D eigenvalue weighted by Crippen LogP contribution is 2.67. The van der Waals surface area contributed by atoms with Crippen LogP contribution in [0.2, 0.25) is 0 Å². The smallest absolute Gasteiger partial charge is 0.0577 e. The van der Waals surface area contributed by atoms with Gasteiger partial charge in [0.1, 0.15) is 0 Å². The van der Waals surface area contributed by atoms with Gasteiger partial charge in [-0.1, -0.05) is 78.4 Å². The zero-order valence-corrected chi connectivity index (χ0v) is 20.8. The van der Waals surface area contributed by atoms with E-state index in [9.17, 15) is 5.11 Å². The van der Waals surface area contributed by atoms with Crippen molar-refractivity contribution in [2.45, 2.75) is 124 Å². The van der Waals surface area contributed by atoms with Crippen LogP contribution >= 0.6 is 0 Å². The van der Waals surface area contributed by atoms with Crippen molar-refractivity contribution in [2.24, 2.45) is 46.3 Å². The molecule has 4 aliphatic rings. The molecule has 9 atom stereocenters. The second-order valence-electron chi connectivity index (χ2n) is 12.5. The summed E-state index contributed by atoms with van der Waals surface area (Å²) in [6, 6.07) is 0. The van der Waals surface area contributed by atoms with Crippen molar-refractivity contribution in [1.82, 2.24) is 0 Å². The van der Waals surface area contributed by atoms with E-state index in [0.29, 0.717) is 10.8 Å². The van der Waals surface area contributed by atoms with Crippen molar-refractivity contribution in [3.8, 4) is 0 Å². The van der Waals surface area contributed by atoms with Gasteiger partial charge in [-0.25, -0.2) is 0 Å². The van der Waals surface area contributed by atoms with E-state index in [0.717, 1.165) is 48.3 Å². The standard InChI is InChI=1S/C29H50O/c1-6-8-21(7-2)10-9-20(3)25-13-14-26-24-12-11-22-19-23(30)15-17-28(22,4)27(24)16-18-29(25,26)5/h11,20-21,23-27,30H,6-10,12-19H2,1-5H3. The molecule has 1 nitrogen and oxygen atoms in total. The second-order valence-corrected chi connectivity index (χ2v) is 12.5. The van der Waals surface area contributed by atoms with E-state index in [-0.39, 0.29) is 6.10 Å². The van der Waals surface area contributed by atoms with Gasteiger partial charge in [-0.15, -0.1) is 0 Å². The zero-order valence-electron chi connectivity index (χ0n) is 20.8. The van der Waals surface area contributed by atoms with Crippen molar-refractivity contribution in [3.63, 3.8) is 0 Å². The Kier molecular flexibility index (Phi) is 6.80. The van der Waals surface area contributed by atoms with E-state index in [1.165, 1.54) is 70.6 Å². The molecule has 1 heteroatoms. The molecule has 0 spiro atoms. The molecule has 0 saturated heterocycles. The predicted octanol–water partition coefficient (Wildman–Crippen LogP) is 8.17. The SMILES string of the molecule is CCCC(CC)CCC(C)C1CCC2C3CC=C4CC(O)CCC4(C)C3CCC12C. The van der Waals surface area contributed by atoms with Gasteiger partial charge in [-0.2, -0.15) is 0 Å². The minimum atomic E-state index is -0.0777. The van der Waals surface area contributed by atoms with E-state index in [4.69, 9.17) is 0 Å². The zero-order chi connectivity index (χ0) is 21.5. The highest BCUT2D eigenvalue weighted by atomic mass is 16.3. The number of aliphatic hydroxyl groups is 1. The summed E-state index contributed by atoms with van der Waals surface area (Å²) in [6.07, 6.45) is 20.0. The Balaban J connectivity index is 1.46. The molecule has 4 rings (SSSR count). The molecule has 0 aromatic carbocycles. The topological polar surface area (TPSA) is 20.2 Å². The molecular formula is C29H50O. The van der Waals surface area contributed by atoms with Crippen LogP contribution in [0.15, 0.2) is 11.6 Å². The van der Waals surface area contributed by atoms with Crippen LogP contribution in [0.4, 0.5) is 0 Å². The van der Waals surface area contributed by atoms with E-state index in [1.807, 2.05) is 0 Å². The lowest BCUT2D eigenvalue weighted by atomic mass is 9.47. The average Bonchev–Trinajstić information content (AvgIpc) is 3.08. The monoisotopic (exact) mass is 414 g/mol. The van der Waals surface area contributed by atoms with Gasteiger partial charge in [0.05, 0.1) is 6.10 Å². The average molecular weight is 415 g/mol. The highest BCUT2D eigenvalue weighted by Gasteiger charge is 2.59. The summed E-state index contributed by atoms with van der Waals surface area (Å²) >= 11 is 0. The van der Waals surface area contributed by atoms with Crippen molar-refractivity contribution >= 4 is 0 Å². The fraction of sp³-hybridized carbons (Fsp3) is 0.931. The maximum Gasteiger partial charge on any atom is 0.0577 e. The van der Waals surface area contributed by atoms with Gasteiger partial charge in [0, 0.05) is 0 Å². The highest BCUT2D eigenvalue weighted by molar-refractivity contribution is 5.25. The fourth-order valence-corrected chi connectivity index (χ4v) is 9.28. The van der Waals surface area contributed by atoms with Crippen LogP contribution in [0.25, 0.3) is 0 Å². The lowest BCUT2D eigenvalue weighted by Crippen LogP contribution is -2.50. The first kappa shape index (κ1) is 22.9. The summed E-state index contributed by atoms with van der Waals surface area (Å²) in [5.41, 5.74) is 2.60. The fourth-order valence-electron chi connectivity index (χ4n) is 9.28. The van der Waals surface area contributed by atoms with E-state index < -0.39 is 0 Å². The van der Waals surface area contributed by atoms with Crippen LogP contribution in [-0.4, -0.2) is 11.2 Å². The molecule has 9 unspecified atom stereocenters. The Hall–Kier alpha value is -0.300. The predicted molar refractivity (Wildman–Crippen MR) is 128 cm³/mol. The van der Waals surface area contributed by atoms with Crippen molar-refractivity contribution in [2.75, 3.05) is 0 Å². The number of aliphatic hydroxyl groups excluding tert-OH is 1. The molecule has 0 bridgehead atoms. The van der Waals surface area contributed by atoms with Crippen LogP contribution in [0.3, 0.4) is 0 Å². The Morgan fingerprint density at radius 2 is 1.80 bits per heavy atom. The lowest BCUT2D eigenvalue weighted by Gasteiger charge is -2.58. The number of allylic oxidation sites excluding steroid dienone is 1. The first-order valence-corrected chi connectivity index (χ1v) is 13.7. The van der Waals surface area contributed by atoms with Crippen molar-refractivity contribution in [1.29, 1.82) is 0 Å². The quantitative estimate of drug-likeness (QED) is 0.416. The van der Waals surface area contributed by atoms with E-state index in [1.54, 1.807) is 5.57 Å². The third-order valence-electron chi connectivity index (χ3n) is 11.1. The Morgan fingerprint density at radius 1 is 1.00 bits per heavy atom. The molecule has 1 N–H and O–H groups in total. The summed E-state index contributed by atoms with van der Waals surface area (Å²) in [4.78, 5) is 0. The van der Waals surface area contributed by atoms with Gasteiger partial charge in [0.15, 0.2) is 0 Å².